The second kappa shape index (κ2) is 8.26. The molecule has 0 amide bonds. The van der Waals surface area contributed by atoms with E-state index in [0.717, 1.165) is 23.7 Å². The Labute approximate surface area is 127 Å². The van der Waals surface area contributed by atoms with Gasteiger partial charge in [-0.2, -0.15) is 5.26 Å². The molecular formula is C16H24ClN3. The predicted octanol–water partition coefficient (Wildman–Crippen LogP) is 3.60. The van der Waals surface area contributed by atoms with Crippen LogP contribution in [0.4, 0.5) is 0 Å². The van der Waals surface area contributed by atoms with Gasteiger partial charge in [0.25, 0.3) is 0 Å². The van der Waals surface area contributed by atoms with E-state index in [0.29, 0.717) is 12.3 Å². The van der Waals surface area contributed by atoms with Crippen LogP contribution in [0.15, 0.2) is 24.3 Å². The van der Waals surface area contributed by atoms with E-state index < -0.39 is 0 Å². The van der Waals surface area contributed by atoms with Crippen LogP contribution in [0.3, 0.4) is 0 Å². The van der Waals surface area contributed by atoms with E-state index in [9.17, 15) is 0 Å². The molecule has 0 saturated carbocycles. The van der Waals surface area contributed by atoms with Gasteiger partial charge >= 0.3 is 0 Å². The average molecular weight is 294 g/mol. The van der Waals surface area contributed by atoms with Crippen LogP contribution in [0.2, 0.25) is 5.02 Å². The summed E-state index contributed by atoms with van der Waals surface area (Å²) in [6, 6.07) is 10.2. The zero-order valence-electron chi connectivity index (χ0n) is 12.5. The summed E-state index contributed by atoms with van der Waals surface area (Å²) in [5, 5.41) is 9.58. The van der Waals surface area contributed by atoms with E-state index in [-0.39, 0.29) is 12.1 Å². The van der Waals surface area contributed by atoms with Gasteiger partial charge in [-0.3, -0.25) is 4.90 Å². The number of nitrogens with zero attached hydrogens (tertiary/aromatic N) is 2. The second-order valence-electron chi connectivity index (χ2n) is 5.65. The maximum atomic E-state index is 8.85. The van der Waals surface area contributed by atoms with Gasteiger partial charge in [-0.1, -0.05) is 37.6 Å². The molecule has 0 spiro atoms. The lowest BCUT2D eigenvalue weighted by molar-refractivity contribution is 0.160. The maximum absolute atomic E-state index is 8.85. The summed E-state index contributed by atoms with van der Waals surface area (Å²) >= 11 is 5.96. The Kier molecular flexibility index (Phi) is 7.01. The first kappa shape index (κ1) is 17.0. The van der Waals surface area contributed by atoms with E-state index >= 15 is 0 Å². The number of rotatable bonds is 7. The van der Waals surface area contributed by atoms with Crippen LogP contribution >= 0.6 is 11.6 Å². The minimum atomic E-state index is -0.00591. The van der Waals surface area contributed by atoms with Crippen molar-refractivity contribution in [1.82, 2.24) is 4.90 Å². The molecule has 1 aromatic rings. The Morgan fingerprint density at radius 2 is 1.85 bits per heavy atom. The summed E-state index contributed by atoms with van der Waals surface area (Å²) in [5.74, 6) is 0.530. The number of benzene rings is 1. The standard InChI is InChI=1S/C16H24ClN3/c1-12(2)11-20(10-4-9-18)16(13(3)19)14-5-7-15(17)8-6-14/h5-8,12-13,16H,4,10-11,19H2,1-3H3. The molecule has 2 unspecified atom stereocenters. The summed E-state index contributed by atoms with van der Waals surface area (Å²) in [6.45, 7) is 8.04. The summed E-state index contributed by atoms with van der Waals surface area (Å²) in [4.78, 5) is 2.31. The fourth-order valence-electron chi connectivity index (χ4n) is 2.51. The van der Waals surface area contributed by atoms with E-state index in [1.54, 1.807) is 0 Å². The number of halogens is 1. The van der Waals surface area contributed by atoms with E-state index in [2.05, 4.69) is 24.8 Å². The molecular weight excluding hydrogens is 270 g/mol. The lowest BCUT2D eigenvalue weighted by atomic mass is 9.98. The molecule has 0 radical (unpaired) electrons. The largest absolute Gasteiger partial charge is 0.326 e. The van der Waals surface area contributed by atoms with Gasteiger partial charge in [-0.05, 0) is 30.5 Å². The third kappa shape index (κ3) is 5.13. The molecule has 2 atom stereocenters. The normalized spacial score (nSPS) is 14.3. The van der Waals surface area contributed by atoms with Crippen molar-refractivity contribution in [2.75, 3.05) is 13.1 Å². The monoisotopic (exact) mass is 293 g/mol. The highest BCUT2D eigenvalue weighted by Gasteiger charge is 2.24. The average Bonchev–Trinajstić information content (AvgIpc) is 2.37. The fourth-order valence-corrected chi connectivity index (χ4v) is 2.64. The Bertz CT molecular complexity index is 434. The first-order valence-corrected chi connectivity index (χ1v) is 7.45. The number of nitrogens with two attached hydrogens (primary N) is 1. The van der Waals surface area contributed by atoms with Crippen molar-refractivity contribution in [3.8, 4) is 6.07 Å². The van der Waals surface area contributed by atoms with Crippen LogP contribution in [0, 0.1) is 17.2 Å². The molecule has 4 heteroatoms. The first-order chi connectivity index (χ1) is 9.45. The van der Waals surface area contributed by atoms with Crippen molar-refractivity contribution in [3.63, 3.8) is 0 Å². The minimum Gasteiger partial charge on any atom is -0.326 e. The predicted molar refractivity (Wildman–Crippen MR) is 84.5 cm³/mol. The van der Waals surface area contributed by atoms with Crippen molar-refractivity contribution < 1.29 is 0 Å². The molecule has 0 aliphatic heterocycles. The smallest absolute Gasteiger partial charge is 0.0635 e. The van der Waals surface area contributed by atoms with E-state index in [1.807, 2.05) is 31.2 Å². The Morgan fingerprint density at radius 1 is 1.25 bits per heavy atom. The van der Waals surface area contributed by atoms with Gasteiger partial charge in [0.1, 0.15) is 0 Å². The van der Waals surface area contributed by atoms with Gasteiger partial charge in [-0.25, -0.2) is 0 Å². The zero-order chi connectivity index (χ0) is 15.1. The highest BCUT2D eigenvalue weighted by Crippen LogP contribution is 2.26. The van der Waals surface area contributed by atoms with Crippen molar-refractivity contribution in [1.29, 1.82) is 5.26 Å². The molecule has 0 fully saturated rings. The second-order valence-corrected chi connectivity index (χ2v) is 6.09. The molecule has 0 bridgehead atoms. The molecule has 0 saturated heterocycles. The molecule has 2 N–H and O–H groups in total. The summed E-state index contributed by atoms with van der Waals surface area (Å²) < 4.78 is 0. The van der Waals surface area contributed by atoms with E-state index in [4.69, 9.17) is 22.6 Å². The van der Waals surface area contributed by atoms with Crippen molar-refractivity contribution in [2.24, 2.45) is 11.7 Å². The van der Waals surface area contributed by atoms with Crippen LogP contribution in [-0.2, 0) is 0 Å². The third-order valence-electron chi connectivity index (χ3n) is 3.21. The summed E-state index contributed by atoms with van der Waals surface area (Å²) in [5.41, 5.74) is 7.35. The molecule has 20 heavy (non-hydrogen) atoms. The van der Waals surface area contributed by atoms with Gasteiger partial charge in [0.2, 0.25) is 0 Å². The maximum Gasteiger partial charge on any atom is 0.0635 e. The quantitative estimate of drug-likeness (QED) is 0.835. The zero-order valence-corrected chi connectivity index (χ0v) is 13.3. The lowest BCUT2D eigenvalue weighted by Gasteiger charge is -2.35. The topological polar surface area (TPSA) is 53.0 Å². The van der Waals surface area contributed by atoms with E-state index in [1.165, 1.54) is 0 Å². The minimum absolute atomic E-state index is 0.00591. The molecule has 0 aliphatic rings. The Hall–Kier alpha value is -1.08. The first-order valence-electron chi connectivity index (χ1n) is 7.07. The van der Waals surface area contributed by atoms with Crippen LogP contribution in [0.25, 0.3) is 0 Å². The summed E-state index contributed by atoms with van der Waals surface area (Å²) in [6.07, 6.45) is 0.517. The SMILES string of the molecule is CC(C)CN(CCC#N)C(c1ccc(Cl)cc1)C(C)N. The van der Waals surface area contributed by atoms with Gasteiger partial charge < -0.3 is 5.73 Å². The van der Waals surface area contributed by atoms with Crippen molar-refractivity contribution in [2.45, 2.75) is 39.3 Å². The molecule has 1 aromatic carbocycles. The molecule has 0 aromatic heterocycles. The molecule has 0 aliphatic carbocycles. The Morgan fingerprint density at radius 3 is 2.30 bits per heavy atom. The Balaban J connectivity index is 3.00. The van der Waals surface area contributed by atoms with Crippen LogP contribution in [-0.4, -0.2) is 24.0 Å². The third-order valence-corrected chi connectivity index (χ3v) is 3.47. The van der Waals surface area contributed by atoms with Gasteiger partial charge in [0, 0.05) is 36.6 Å². The lowest BCUT2D eigenvalue weighted by Crippen LogP contribution is -2.41. The number of hydrogen-bond acceptors (Lipinski definition) is 3. The molecule has 110 valence electrons. The van der Waals surface area contributed by atoms with Gasteiger partial charge in [0.05, 0.1) is 6.07 Å². The molecule has 3 nitrogen and oxygen atoms in total. The van der Waals surface area contributed by atoms with Gasteiger partial charge in [0.15, 0.2) is 0 Å². The van der Waals surface area contributed by atoms with Crippen LogP contribution < -0.4 is 5.73 Å². The van der Waals surface area contributed by atoms with Crippen molar-refractivity contribution in [3.05, 3.63) is 34.9 Å². The highest BCUT2D eigenvalue weighted by molar-refractivity contribution is 6.30. The summed E-state index contributed by atoms with van der Waals surface area (Å²) in [7, 11) is 0. The fraction of sp³-hybridized carbons (Fsp3) is 0.562. The number of hydrogen-bond donors (Lipinski definition) is 1. The number of nitriles is 1. The molecule has 0 heterocycles. The van der Waals surface area contributed by atoms with Crippen LogP contribution in [0.1, 0.15) is 38.8 Å². The molecule has 1 rings (SSSR count). The van der Waals surface area contributed by atoms with Crippen LogP contribution in [0.5, 0.6) is 0 Å². The van der Waals surface area contributed by atoms with Gasteiger partial charge in [-0.15, -0.1) is 0 Å². The van der Waals surface area contributed by atoms with Crippen molar-refractivity contribution >= 4 is 11.6 Å². The highest BCUT2D eigenvalue weighted by atomic mass is 35.5.